The molecule has 0 aliphatic carbocycles. The summed E-state index contributed by atoms with van der Waals surface area (Å²) in [4.78, 5) is 14.7. The minimum Gasteiger partial charge on any atom is -0.465 e. The van der Waals surface area contributed by atoms with Crippen LogP contribution >= 0.6 is 11.6 Å². The second-order valence-corrected chi connectivity index (χ2v) is 8.25. The number of anilines is 1. The van der Waals surface area contributed by atoms with E-state index >= 15 is 0 Å². The number of rotatable bonds is 9. The minimum absolute atomic E-state index is 0.0110. The lowest BCUT2D eigenvalue weighted by molar-refractivity contribution is -0.143. The first-order valence-electron chi connectivity index (χ1n) is 10.6. The van der Waals surface area contributed by atoms with E-state index in [9.17, 15) is 36.2 Å². The number of hydrogen-bond acceptors (Lipinski definition) is 2. The molecule has 0 aliphatic rings. The zero-order valence-corrected chi connectivity index (χ0v) is 19.4. The highest BCUT2D eigenvalue weighted by atomic mass is 35.5. The molecule has 11 heteroatoms. The Bertz CT molecular complexity index is 956. The van der Waals surface area contributed by atoms with E-state index in [1.165, 1.54) is 0 Å². The number of halogens is 7. The SMILES string of the molecule is CCCN(CCC)c1ccc(Cl)cc1CN(Cc1cc(C(F)(F)F)cc(C(F)(F)F)c1)C(=O)O. The molecule has 0 bridgehead atoms. The molecule has 0 radical (unpaired) electrons. The van der Waals surface area contributed by atoms with Gasteiger partial charge in [0.2, 0.25) is 0 Å². The Kier molecular flexibility index (Phi) is 9.10. The average Bonchev–Trinajstić information content (AvgIpc) is 2.72. The van der Waals surface area contributed by atoms with Crippen LogP contribution in [0.15, 0.2) is 36.4 Å². The lowest BCUT2D eigenvalue weighted by Crippen LogP contribution is -2.31. The van der Waals surface area contributed by atoms with Gasteiger partial charge in [-0.1, -0.05) is 25.4 Å². The van der Waals surface area contributed by atoms with Gasteiger partial charge < -0.3 is 10.0 Å². The van der Waals surface area contributed by atoms with Gasteiger partial charge in [-0.15, -0.1) is 0 Å². The summed E-state index contributed by atoms with van der Waals surface area (Å²) in [6, 6.07) is 6.01. The molecular formula is C23H25ClF6N2O2. The summed E-state index contributed by atoms with van der Waals surface area (Å²) in [5.74, 6) is 0. The van der Waals surface area contributed by atoms with E-state index in [2.05, 4.69) is 0 Å². The summed E-state index contributed by atoms with van der Waals surface area (Å²) >= 11 is 6.11. The fourth-order valence-electron chi connectivity index (χ4n) is 3.61. The molecule has 0 aromatic heterocycles. The van der Waals surface area contributed by atoms with Crippen LogP contribution in [0.5, 0.6) is 0 Å². The molecule has 2 aromatic rings. The molecule has 0 atom stereocenters. The lowest BCUT2D eigenvalue weighted by Gasteiger charge is -2.29. The van der Waals surface area contributed by atoms with Crippen molar-refractivity contribution in [1.29, 1.82) is 0 Å². The molecule has 0 unspecified atom stereocenters. The predicted octanol–water partition coefficient (Wildman–Crippen LogP) is 7.68. The van der Waals surface area contributed by atoms with Gasteiger partial charge in [0.05, 0.1) is 17.7 Å². The molecule has 0 saturated heterocycles. The topological polar surface area (TPSA) is 43.8 Å². The summed E-state index contributed by atoms with van der Waals surface area (Å²) < 4.78 is 79.2. The van der Waals surface area contributed by atoms with E-state index in [1.54, 1.807) is 18.2 Å². The molecule has 0 heterocycles. The maximum Gasteiger partial charge on any atom is 0.416 e. The van der Waals surface area contributed by atoms with Crippen LogP contribution in [-0.4, -0.2) is 29.2 Å². The quantitative estimate of drug-likeness (QED) is 0.352. The Morgan fingerprint density at radius 2 is 1.41 bits per heavy atom. The first kappa shape index (κ1) is 27.6. The summed E-state index contributed by atoms with van der Waals surface area (Å²) in [5.41, 5.74) is -2.21. The largest absolute Gasteiger partial charge is 0.465 e. The average molecular weight is 511 g/mol. The normalized spacial score (nSPS) is 12.0. The van der Waals surface area contributed by atoms with E-state index in [0.717, 1.165) is 17.7 Å². The van der Waals surface area contributed by atoms with Gasteiger partial charge in [-0.25, -0.2) is 4.79 Å². The second-order valence-electron chi connectivity index (χ2n) is 7.81. The lowest BCUT2D eigenvalue weighted by atomic mass is 10.0. The Morgan fingerprint density at radius 1 is 0.882 bits per heavy atom. The summed E-state index contributed by atoms with van der Waals surface area (Å²) in [6.07, 6.45) is -9.91. The highest BCUT2D eigenvalue weighted by Gasteiger charge is 2.37. The van der Waals surface area contributed by atoms with Crippen molar-refractivity contribution in [2.75, 3.05) is 18.0 Å². The van der Waals surface area contributed by atoms with E-state index in [0.29, 0.717) is 41.5 Å². The zero-order valence-electron chi connectivity index (χ0n) is 18.6. The van der Waals surface area contributed by atoms with Gasteiger partial charge in [0, 0.05) is 30.3 Å². The van der Waals surface area contributed by atoms with Gasteiger partial charge >= 0.3 is 18.4 Å². The number of alkyl halides is 6. The summed E-state index contributed by atoms with van der Waals surface area (Å²) in [5, 5.41) is 10.0. The van der Waals surface area contributed by atoms with Gasteiger partial charge in [0.1, 0.15) is 0 Å². The third kappa shape index (κ3) is 7.44. The standard InChI is InChI=1S/C23H25ClF6N2O2/c1-3-7-31(8-4-2)20-6-5-19(24)11-16(20)14-32(21(33)34)13-15-9-17(22(25,26)27)12-18(10-15)23(28,29)30/h5-6,9-12H,3-4,7-8,13-14H2,1-2H3,(H,33,34). The number of hydrogen-bond donors (Lipinski definition) is 1. The molecule has 2 aromatic carbocycles. The second kappa shape index (κ2) is 11.2. The van der Waals surface area contributed by atoms with E-state index in [1.807, 2.05) is 18.7 Å². The Balaban J connectivity index is 2.47. The number of carbonyl (C=O) groups is 1. The predicted molar refractivity (Wildman–Crippen MR) is 118 cm³/mol. The first-order chi connectivity index (χ1) is 15.8. The molecule has 1 amide bonds. The molecule has 2 rings (SSSR count). The summed E-state index contributed by atoms with van der Waals surface area (Å²) in [6.45, 7) is 4.38. The monoisotopic (exact) mass is 510 g/mol. The van der Waals surface area contributed by atoms with Crippen molar-refractivity contribution < 1.29 is 36.2 Å². The number of amides is 1. The molecule has 34 heavy (non-hydrogen) atoms. The summed E-state index contributed by atoms with van der Waals surface area (Å²) in [7, 11) is 0. The molecule has 0 aliphatic heterocycles. The third-order valence-electron chi connectivity index (χ3n) is 5.02. The van der Waals surface area contributed by atoms with Crippen LogP contribution in [-0.2, 0) is 25.4 Å². The van der Waals surface area contributed by atoms with Crippen LogP contribution in [0, 0.1) is 0 Å². The molecule has 0 fully saturated rings. The van der Waals surface area contributed by atoms with Crippen LogP contribution in [0.1, 0.15) is 48.9 Å². The zero-order chi connectivity index (χ0) is 25.7. The highest BCUT2D eigenvalue weighted by molar-refractivity contribution is 6.30. The highest BCUT2D eigenvalue weighted by Crippen LogP contribution is 2.37. The number of nitrogens with zero attached hydrogens (tertiary/aromatic N) is 2. The van der Waals surface area contributed by atoms with Crippen molar-refractivity contribution in [3.8, 4) is 0 Å². The van der Waals surface area contributed by atoms with E-state index < -0.39 is 41.7 Å². The maximum absolute atomic E-state index is 13.2. The van der Waals surface area contributed by atoms with Crippen molar-refractivity contribution in [1.82, 2.24) is 4.90 Å². The first-order valence-corrected chi connectivity index (χ1v) is 10.9. The van der Waals surface area contributed by atoms with Gasteiger partial charge in [0.15, 0.2) is 0 Å². The smallest absolute Gasteiger partial charge is 0.416 e. The maximum atomic E-state index is 13.2. The van der Waals surface area contributed by atoms with Crippen molar-refractivity contribution in [2.45, 2.75) is 52.1 Å². The van der Waals surface area contributed by atoms with Gasteiger partial charge in [-0.3, -0.25) is 4.90 Å². The molecule has 188 valence electrons. The fourth-order valence-corrected chi connectivity index (χ4v) is 3.80. The van der Waals surface area contributed by atoms with Crippen LogP contribution < -0.4 is 4.90 Å². The Hall–Kier alpha value is -2.62. The minimum atomic E-state index is -5.02. The van der Waals surface area contributed by atoms with E-state index in [-0.39, 0.29) is 12.6 Å². The van der Waals surface area contributed by atoms with E-state index in [4.69, 9.17) is 11.6 Å². The van der Waals surface area contributed by atoms with Crippen LogP contribution in [0.4, 0.5) is 36.8 Å². The number of benzene rings is 2. The molecular weight excluding hydrogens is 486 g/mol. The Morgan fingerprint density at radius 3 is 1.85 bits per heavy atom. The molecule has 0 saturated carbocycles. The molecule has 4 nitrogen and oxygen atoms in total. The van der Waals surface area contributed by atoms with Crippen molar-refractivity contribution >= 4 is 23.4 Å². The van der Waals surface area contributed by atoms with Gasteiger partial charge in [-0.05, 0) is 60.4 Å². The van der Waals surface area contributed by atoms with Crippen molar-refractivity contribution in [2.24, 2.45) is 0 Å². The number of carboxylic acid groups (broad SMARTS) is 1. The molecule has 0 spiro atoms. The van der Waals surface area contributed by atoms with Gasteiger partial charge in [-0.2, -0.15) is 26.3 Å². The van der Waals surface area contributed by atoms with Crippen molar-refractivity contribution in [3.63, 3.8) is 0 Å². The van der Waals surface area contributed by atoms with Crippen LogP contribution in [0.3, 0.4) is 0 Å². The van der Waals surface area contributed by atoms with Gasteiger partial charge in [0.25, 0.3) is 0 Å². The third-order valence-corrected chi connectivity index (χ3v) is 5.26. The van der Waals surface area contributed by atoms with Crippen LogP contribution in [0.2, 0.25) is 5.02 Å². The molecule has 1 N–H and O–H groups in total. The Labute approximate surface area is 198 Å². The fraction of sp³-hybridized carbons (Fsp3) is 0.435. The van der Waals surface area contributed by atoms with Crippen molar-refractivity contribution in [3.05, 3.63) is 63.7 Å². The van der Waals surface area contributed by atoms with Crippen LogP contribution in [0.25, 0.3) is 0 Å².